The standard InChI is InChI=1S/C13H17FN2O2S2/c1-8(9-3-4-9)16(2)20(17,18)10-5-6-12(14)11(7-10)13(15)19/h5-9H,3-4H2,1-2H3,(H2,15,19). The molecule has 0 spiro atoms. The zero-order valence-electron chi connectivity index (χ0n) is 11.3. The molecule has 1 saturated carbocycles. The molecule has 1 aliphatic rings. The molecule has 0 radical (unpaired) electrons. The van der Waals surface area contributed by atoms with Crippen LogP contribution in [0.1, 0.15) is 25.3 Å². The van der Waals surface area contributed by atoms with Gasteiger partial charge in [-0.1, -0.05) is 12.2 Å². The third-order valence-electron chi connectivity index (χ3n) is 3.76. The van der Waals surface area contributed by atoms with Crippen molar-refractivity contribution in [3.05, 3.63) is 29.6 Å². The van der Waals surface area contributed by atoms with E-state index in [1.807, 2.05) is 6.92 Å². The minimum atomic E-state index is -3.66. The van der Waals surface area contributed by atoms with Gasteiger partial charge in [0.1, 0.15) is 10.8 Å². The second kappa shape index (κ2) is 5.38. The van der Waals surface area contributed by atoms with E-state index in [9.17, 15) is 12.8 Å². The van der Waals surface area contributed by atoms with E-state index in [1.54, 1.807) is 7.05 Å². The number of nitrogens with zero attached hydrogens (tertiary/aromatic N) is 1. The highest BCUT2D eigenvalue weighted by Gasteiger charge is 2.36. The molecule has 110 valence electrons. The molecule has 0 bridgehead atoms. The molecule has 2 N–H and O–H groups in total. The zero-order valence-corrected chi connectivity index (χ0v) is 13.0. The first kappa shape index (κ1) is 15.3. The molecule has 1 aromatic carbocycles. The topological polar surface area (TPSA) is 63.4 Å². The van der Waals surface area contributed by atoms with Crippen LogP contribution in [0, 0.1) is 11.7 Å². The number of hydrogen-bond acceptors (Lipinski definition) is 3. The number of halogens is 1. The summed E-state index contributed by atoms with van der Waals surface area (Å²) in [6, 6.07) is 3.45. The molecule has 0 saturated heterocycles. The summed E-state index contributed by atoms with van der Waals surface area (Å²) in [5.74, 6) is -0.209. The molecule has 1 unspecified atom stereocenters. The highest BCUT2D eigenvalue weighted by molar-refractivity contribution is 7.89. The Balaban J connectivity index is 2.38. The van der Waals surface area contributed by atoms with Crippen molar-refractivity contribution >= 4 is 27.2 Å². The van der Waals surface area contributed by atoms with Crippen LogP contribution in [0.15, 0.2) is 23.1 Å². The van der Waals surface area contributed by atoms with Gasteiger partial charge < -0.3 is 5.73 Å². The number of nitrogens with two attached hydrogens (primary N) is 1. The van der Waals surface area contributed by atoms with Crippen LogP contribution in [0.5, 0.6) is 0 Å². The van der Waals surface area contributed by atoms with Crippen LogP contribution >= 0.6 is 12.2 Å². The van der Waals surface area contributed by atoms with Gasteiger partial charge in [0.25, 0.3) is 0 Å². The highest BCUT2D eigenvalue weighted by atomic mass is 32.2. The molecular weight excluding hydrogens is 299 g/mol. The number of rotatable bonds is 5. The lowest BCUT2D eigenvalue weighted by Gasteiger charge is -2.24. The molecule has 1 fully saturated rings. The zero-order chi connectivity index (χ0) is 15.1. The molecule has 1 atom stereocenters. The van der Waals surface area contributed by atoms with Crippen LogP contribution in [0.2, 0.25) is 0 Å². The lowest BCUT2D eigenvalue weighted by molar-refractivity contribution is 0.357. The maximum absolute atomic E-state index is 13.5. The van der Waals surface area contributed by atoms with Crippen molar-refractivity contribution in [1.82, 2.24) is 4.31 Å². The summed E-state index contributed by atoms with van der Waals surface area (Å²) in [6.07, 6.45) is 2.09. The third-order valence-corrected chi connectivity index (χ3v) is 5.92. The minimum Gasteiger partial charge on any atom is -0.389 e. The van der Waals surface area contributed by atoms with Gasteiger partial charge in [0.2, 0.25) is 10.0 Å². The van der Waals surface area contributed by atoms with Crippen molar-refractivity contribution in [2.24, 2.45) is 11.7 Å². The second-order valence-electron chi connectivity index (χ2n) is 5.11. The van der Waals surface area contributed by atoms with Crippen molar-refractivity contribution in [3.8, 4) is 0 Å². The van der Waals surface area contributed by atoms with E-state index in [1.165, 1.54) is 16.4 Å². The van der Waals surface area contributed by atoms with Crippen molar-refractivity contribution < 1.29 is 12.8 Å². The Hall–Kier alpha value is -1.05. The van der Waals surface area contributed by atoms with Crippen LogP contribution in [0.25, 0.3) is 0 Å². The first-order chi connectivity index (χ1) is 9.25. The highest BCUT2D eigenvalue weighted by Crippen LogP contribution is 2.36. The summed E-state index contributed by atoms with van der Waals surface area (Å²) in [4.78, 5) is -0.144. The Labute approximate surface area is 123 Å². The molecule has 0 heterocycles. The van der Waals surface area contributed by atoms with E-state index in [0.717, 1.165) is 18.9 Å². The molecule has 0 amide bonds. The van der Waals surface area contributed by atoms with Crippen molar-refractivity contribution in [2.45, 2.75) is 30.7 Å². The Morgan fingerprint density at radius 2 is 2.10 bits per heavy atom. The lowest BCUT2D eigenvalue weighted by Crippen LogP contribution is -2.36. The Bertz CT molecular complexity index is 642. The van der Waals surface area contributed by atoms with Gasteiger partial charge in [-0.05, 0) is 43.9 Å². The average Bonchev–Trinajstić information content (AvgIpc) is 3.21. The van der Waals surface area contributed by atoms with Crippen LogP contribution < -0.4 is 5.73 Å². The van der Waals surface area contributed by atoms with Gasteiger partial charge in [0.15, 0.2) is 0 Å². The van der Waals surface area contributed by atoms with Crippen LogP contribution in [0.3, 0.4) is 0 Å². The Kier molecular flexibility index (Phi) is 4.13. The first-order valence-corrected chi connectivity index (χ1v) is 8.17. The number of benzene rings is 1. The predicted octanol–water partition coefficient (Wildman–Crippen LogP) is 1.88. The minimum absolute atomic E-state index is 0.0108. The SMILES string of the molecule is CC(C1CC1)N(C)S(=O)(=O)c1ccc(F)c(C(N)=S)c1. The number of sulfonamides is 1. The fourth-order valence-corrected chi connectivity index (χ4v) is 3.72. The molecular formula is C13H17FN2O2S2. The smallest absolute Gasteiger partial charge is 0.243 e. The quantitative estimate of drug-likeness (QED) is 0.843. The normalized spacial score (nSPS) is 17.2. The van der Waals surface area contributed by atoms with E-state index in [-0.39, 0.29) is 21.5 Å². The van der Waals surface area contributed by atoms with Crippen LogP contribution in [-0.2, 0) is 10.0 Å². The molecule has 0 aliphatic heterocycles. The lowest BCUT2D eigenvalue weighted by atomic mass is 10.2. The number of hydrogen-bond donors (Lipinski definition) is 1. The van der Waals surface area contributed by atoms with E-state index in [2.05, 4.69) is 0 Å². The van der Waals surface area contributed by atoms with E-state index < -0.39 is 15.8 Å². The summed E-state index contributed by atoms with van der Waals surface area (Å²) < 4.78 is 39.9. The molecule has 4 nitrogen and oxygen atoms in total. The van der Waals surface area contributed by atoms with Gasteiger partial charge in [0, 0.05) is 18.7 Å². The fraction of sp³-hybridized carbons (Fsp3) is 0.462. The maximum atomic E-state index is 13.5. The van der Waals surface area contributed by atoms with Crippen molar-refractivity contribution in [1.29, 1.82) is 0 Å². The van der Waals surface area contributed by atoms with Gasteiger partial charge in [-0.2, -0.15) is 4.31 Å². The molecule has 20 heavy (non-hydrogen) atoms. The average molecular weight is 316 g/mol. The van der Waals surface area contributed by atoms with Crippen LogP contribution in [0.4, 0.5) is 4.39 Å². The van der Waals surface area contributed by atoms with Crippen LogP contribution in [-0.4, -0.2) is 30.8 Å². The maximum Gasteiger partial charge on any atom is 0.243 e. The van der Waals surface area contributed by atoms with E-state index >= 15 is 0 Å². The van der Waals surface area contributed by atoms with Gasteiger partial charge in [-0.15, -0.1) is 0 Å². The number of thiocarbonyl (C=S) groups is 1. The predicted molar refractivity (Wildman–Crippen MR) is 79.4 cm³/mol. The summed E-state index contributed by atoms with van der Waals surface area (Å²) in [5.41, 5.74) is 5.36. The van der Waals surface area contributed by atoms with E-state index in [0.29, 0.717) is 5.92 Å². The summed E-state index contributed by atoms with van der Waals surface area (Å²) in [5, 5.41) is 0. The molecule has 7 heteroatoms. The largest absolute Gasteiger partial charge is 0.389 e. The third kappa shape index (κ3) is 2.84. The van der Waals surface area contributed by atoms with Crippen molar-refractivity contribution in [3.63, 3.8) is 0 Å². The first-order valence-electron chi connectivity index (χ1n) is 6.32. The fourth-order valence-electron chi connectivity index (χ4n) is 2.11. The van der Waals surface area contributed by atoms with Crippen molar-refractivity contribution in [2.75, 3.05) is 7.05 Å². The Morgan fingerprint density at radius 3 is 2.60 bits per heavy atom. The molecule has 1 aromatic rings. The summed E-state index contributed by atoms with van der Waals surface area (Å²) in [7, 11) is -2.12. The monoisotopic (exact) mass is 316 g/mol. The van der Waals surface area contributed by atoms with Gasteiger partial charge in [-0.25, -0.2) is 12.8 Å². The van der Waals surface area contributed by atoms with Gasteiger partial charge in [0.05, 0.1) is 4.90 Å². The molecule has 2 rings (SSSR count). The van der Waals surface area contributed by atoms with Gasteiger partial charge >= 0.3 is 0 Å². The van der Waals surface area contributed by atoms with Gasteiger partial charge in [-0.3, -0.25) is 0 Å². The summed E-state index contributed by atoms with van der Waals surface area (Å²) >= 11 is 4.73. The Morgan fingerprint density at radius 1 is 1.50 bits per heavy atom. The molecule has 1 aliphatic carbocycles. The van der Waals surface area contributed by atoms with E-state index in [4.69, 9.17) is 18.0 Å². The summed E-state index contributed by atoms with van der Waals surface area (Å²) in [6.45, 7) is 1.88. The molecule has 0 aromatic heterocycles. The second-order valence-corrected chi connectivity index (χ2v) is 7.54.